The molecule has 92 valence electrons. The number of likely N-dealkylation sites (tertiary alicyclic amines) is 1. The Morgan fingerprint density at radius 1 is 1.50 bits per heavy atom. The normalized spacial score (nSPS) is 20.8. The number of ether oxygens (including phenoxy) is 1. The van der Waals surface area contributed by atoms with E-state index in [-0.39, 0.29) is 12.5 Å². The molecule has 0 aromatic heterocycles. The summed E-state index contributed by atoms with van der Waals surface area (Å²) in [5, 5.41) is 8.87. The van der Waals surface area contributed by atoms with Crippen LogP contribution in [0.25, 0.3) is 0 Å². The average molecular weight is 230 g/mol. The van der Waals surface area contributed by atoms with Crippen LogP contribution in [0.4, 0.5) is 0 Å². The lowest BCUT2D eigenvalue weighted by molar-refractivity contribution is -0.146. The van der Waals surface area contributed by atoms with Gasteiger partial charge < -0.3 is 20.5 Å². The zero-order chi connectivity index (χ0) is 12.0. The molecule has 1 amide bonds. The second-order valence-corrected chi connectivity index (χ2v) is 3.86. The number of nitrogens with zero attached hydrogens (tertiary/aromatic N) is 1. The van der Waals surface area contributed by atoms with Crippen molar-refractivity contribution >= 4 is 11.9 Å². The largest absolute Gasteiger partial charge is 0.481 e. The number of amides is 1. The molecule has 1 fully saturated rings. The monoisotopic (exact) mass is 230 g/mol. The first-order valence-electron chi connectivity index (χ1n) is 5.43. The maximum atomic E-state index is 11.6. The maximum absolute atomic E-state index is 11.6. The van der Waals surface area contributed by atoms with Crippen molar-refractivity contribution in [2.45, 2.75) is 12.8 Å². The number of hydrogen-bond donors (Lipinski definition) is 2. The molecule has 1 aliphatic heterocycles. The summed E-state index contributed by atoms with van der Waals surface area (Å²) in [5.74, 6) is -1.42. The summed E-state index contributed by atoms with van der Waals surface area (Å²) in [6.45, 7) is 1.63. The minimum Gasteiger partial charge on any atom is -0.481 e. The Balaban J connectivity index is 2.35. The smallest absolute Gasteiger partial charge is 0.308 e. The number of nitrogens with two attached hydrogens (primary N) is 1. The third-order valence-electron chi connectivity index (χ3n) is 2.61. The number of aliphatic carboxylic acids is 1. The standard InChI is InChI=1S/C10H18N2O4/c11-3-5-16-7-9(13)12-4-1-2-8(6-12)10(14)15/h8H,1-7,11H2,(H,14,15). The molecule has 1 aliphatic rings. The van der Waals surface area contributed by atoms with E-state index in [0.717, 1.165) is 6.42 Å². The quantitative estimate of drug-likeness (QED) is 0.608. The van der Waals surface area contributed by atoms with E-state index in [1.165, 1.54) is 0 Å². The maximum Gasteiger partial charge on any atom is 0.308 e. The molecule has 3 N–H and O–H groups in total. The topological polar surface area (TPSA) is 92.9 Å². The molecule has 16 heavy (non-hydrogen) atoms. The number of piperidine rings is 1. The summed E-state index contributed by atoms with van der Waals surface area (Å²) >= 11 is 0. The molecular formula is C10H18N2O4. The predicted octanol–water partition coefficient (Wildman–Crippen LogP) is -0.715. The lowest BCUT2D eigenvalue weighted by atomic mass is 9.98. The predicted molar refractivity (Wildman–Crippen MR) is 56.8 cm³/mol. The van der Waals surface area contributed by atoms with Crippen molar-refractivity contribution in [3.8, 4) is 0 Å². The van der Waals surface area contributed by atoms with E-state index in [2.05, 4.69) is 0 Å². The van der Waals surface area contributed by atoms with E-state index in [1.807, 2.05) is 0 Å². The molecular weight excluding hydrogens is 212 g/mol. The van der Waals surface area contributed by atoms with Crippen LogP contribution in [0.3, 0.4) is 0 Å². The molecule has 1 heterocycles. The lowest BCUT2D eigenvalue weighted by Gasteiger charge is -2.30. The van der Waals surface area contributed by atoms with Crippen LogP contribution in [0, 0.1) is 5.92 Å². The molecule has 6 nitrogen and oxygen atoms in total. The van der Waals surface area contributed by atoms with Crippen molar-refractivity contribution < 1.29 is 19.4 Å². The zero-order valence-corrected chi connectivity index (χ0v) is 9.22. The van der Waals surface area contributed by atoms with Gasteiger partial charge in [-0.3, -0.25) is 9.59 Å². The lowest BCUT2D eigenvalue weighted by Crippen LogP contribution is -2.44. The number of hydrogen-bond acceptors (Lipinski definition) is 4. The SMILES string of the molecule is NCCOCC(=O)N1CCCC(C(=O)O)C1. The van der Waals surface area contributed by atoms with Gasteiger partial charge in [0.15, 0.2) is 0 Å². The van der Waals surface area contributed by atoms with Gasteiger partial charge in [-0.2, -0.15) is 0 Å². The van der Waals surface area contributed by atoms with Gasteiger partial charge in [-0.05, 0) is 12.8 Å². The zero-order valence-electron chi connectivity index (χ0n) is 9.22. The van der Waals surface area contributed by atoms with Gasteiger partial charge in [0.05, 0.1) is 12.5 Å². The third-order valence-corrected chi connectivity index (χ3v) is 2.61. The van der Waals surface area contributed by atoms with E-state index >= 15 is 0 Å². The van der Waals surface area contributed by atoms with Gasteiger partial charge in [0.25, 0.3) is 0 Å². The Labute approximate surface area is 94.3 Å². The fourth-order valence-electron chi connectivity index (χ4n) is 1.74. The van der Waals surface area contributed by atoms with Gasteiger partial charge in [-0.1, -0.05) is 0 Å². The summed E-state index contributed by atoms with van der Waals surface area (Å²) < 4.78 is 5.03. The first-order valence-corrected chi connectivity index (χ1v) is 5.43. The van der Waals surface area contributed by atoms with Crippen LogP contribution in [-0.4, -0.2) is 54.7 Å². The van der Waals surface area contributed by atoms with Gasteiger partial charge in [0, 0.05) is 19.6 Å². The van der Waals surface area contributed by atoms with Gasteiger partial charge in [-0.25, -0.2) is 0 Å². The molecule has 6 heteroatoms. The second kappa shape index (κ2) is 6.44. The van der Waals surface area contributed by atoms with E-state index in [1.54, 1.807) is 4.90 Å². The number of carbonyl (C=O) groups excluding carboxylic acids is 1. The highest BCUT2D eigenvalue weighted by atomic mass is 16.5. The van der Waals surface area contributed by atoms with E-state index in [0.29, 0.717) is 32.7 Å². The van der Waals surface area contributed by atoms with E-state index in [9.17, 15) is 9.59 Å². The molecule has 1 atom stereocenters. The average Bonchev–Trinajstić information content (AvgIpc) is 2.29. The number of rotatable bonds is 5. The molecule has 0 radical (unpaired) electrons. The third kappa shape index (κ3) is 3.79. The van der Waals surface area contributed by atoms with Crippen LogP contribution in [0.1, 0.15) is 12.8 Å². The van der Waals surface area contributed by atoms with Crippen molar-refractivity contribution in [2.75, 3.05) is 32.8 Å². The minimum atomic E-state index is -0.833. The highest BCUT2D eigenvalue weighted by Crippen LogP contribution is 2.16. The summed E-state index contributed by atoms with van der Waals surface area (Å²) in [5.41, 5.74) is 5.23. The molecule has 1 rings (SSSR count). The van der Waals surface area contributed by atoms with Gasteiger partial charge in [0.2, 0.25) is 5.91 Å². The van der Waals surface area contributed by atoms with Crippen LogP contribution in [0.15, 0.2) is 0 Å². The van der Waals surface area contributed by atoms with Crippen LogP contribution < -0.4 is 5.73 Å². The van der Waals surface area contributed by atoms with Crippen molar-refractivity contribution in [1.29, 1.82) is 0 Å². The molecule has 0 aliphatic carbocycles. The molecule has 0 bridgehead atoms. The molecule has 1 saturated heterocycles. The number of carbonyl (C=O) groups is 2. The fourth-order valence-corrected chi connectivity index (χ4v) is 1.74. The molecule has 0 aromatic carbocycles. The van der Waals surface area contributed by atoms with Crippen LogP contribution in [0.2, 0.25) is 0 Å². The second-order valence-electron chi connectivity index (χ2n) is 3.86. The molecule has 1 unspecified atom stereocenters. The summed E-state index contributed by atoms with van der Waals surface area (Å²) in [7, 11) is 0. The van der Waals surface area contributed by atoms with Gasteiger partial charge in [0.1, 0.15) is 6.61 Å². The van der Waals surface area contributed by atoms with Crippen LogP contribution >= 0.6 is 0 Å². The fraction of sp³-hybridized carbons (Fsp3) is 0.800. The van der Waals surface area contributed by atoms with E-state index in [4.69, 9.17) is 15.6 Å². The minimum absolute atomic E-state index is 0.0104. The van der Waals surface area contributed by atoms with Crippen LogP contribution in [-0.2, 0) is 14.3 Å². The van der Waals surface area contributed by atoms with Crippen molar-refractivity contribution in [3.05, 3.63) is 0 Å². The Morgan fingerprint density at radius 2 is 2.25 bits per heavy atom. The Hall–Kier alpha value is -1.14. The van der Waals surface area contributed by atoms with Crippen molar-refractivity contribution in [2.24, 2.45) is 11.7 Å². The van der Waals surface area contributed by atoms with Gasteiger partial charge >= 0.3 is 5.97 Å². The first kappa shape index (κ1) is 12.9. The highest BCUT2D eigenvalue weighted by molar-refractivity contribution is 5.79. The highest BCUT2D eigenvalue weighted by Gasteiger charge is 2.27. The molecule has 0 saturated carbocycles. The van der Waals surface area contributed by atoms with Crippen molar-refractivity contribution in [3.63, 3.8) is 0 Å². The Kier molecular flexibility index (Phi) is 5.21. The van der Waals surface area contributed by atoms with Crippen molar-refractivity contribution in [1.82, 2.24) is 4.90 Å². The Bertz CT molecular complexity index is 257. The number of carboxylic acid groups (broad SMARTS) is 1. The first-order chi connectivity index (χ1) is 7.65. The number of carboxylic acids is 1. The molecule has 0 spiro atoms. The summed E-state index contributed by atoms with van der Waals surface area (Å²) in [6, 6.07) is 0. The summed E-state index contributed by atoms with van der Waals surface area (Å²) in [6.07, 6.45) is 1.38. The summed E-state index contributed by atoms with van der Waals surface area (Å²) in [4.78, 5) is 24.0. The van der Waals surface area contributed by atoms with Crippen LogP contribution in [0.5, 0.6) is 0 Å². The van der Waals surface area contributed by atoms with Gasteiger partial charge in [-0.15, -0.1) is 0 Å². The Morgan fingerprint density at radius 3 is 2.88 bits per heavy atom. The molecule has 0 aromatic rings. The van der Waals surface area contributed by atoms with E-state index < -0.39 is 11.9 Å².